The van der Waals surface area contributed by atoms with E-state index < -0.39 is 0 Å². The minimum absolute atomic E-state index is 0.131. The molecule has 0 heterocycles. The molecule has 0 aromatic heterocycles. The maximum atomic E-state index is 5.82. The summed E-state index contributed by atoms with van der Waals surface area (Å²) in [6.07, 6.45) is 2.48. The predicted molar refractivity (Wildman–Crippen MR) is 68.8 cm³/mol. The third kappa shape index (κ3) is 4.03. The van der Waals surface area contributed by atoms with E-state index in [1.54, 1.807) is 0 Å². The molecule has 0 fully saturated rings. The van der Waals surface area contributed by atoms with Crippen molar-refractivity contribution in [3.8, 4) is 5.75 Å². The van der Waals surface area contributed by atoms with Crippen molar-refractivity contribution >= 4 is 11.8 Å². The Bertz CT molecular complexity index is 317. The zero-order valence-electron chi connectivity index (χ0n) is 10.2. The fourth-order valence-corrected chi connectivity index (χ4v) is 1.74. The zero-order chi connectivity index (χ0) is 12.0. The lowest BCUT2D eigenvalue weighted by molar-refractivity contribution is 0.209. The summed E-state index contributed by atoms with van der Waals surface area (Å²) in [5.41, 5.74) is 1.14. The van der Waals surface area contributed by atoms with E-state index in [4.69, 9.17) is 16.5 Å². The van der Waals surface area contributed by atoms with Gasteiger partial charge in [0.05, 0.1) is 6.10 Å². The molecule has 0 amide bonds. The first-order chi connectivity index (χ1) is 7.67. The molecule has 0 saturated carbocycles. The summed E-state index contributed by atoms with van der Waals surface area (Å²) in [4.78, 5) is 2.70. The van der Waals surface area contributed by atoms with Gasteiger partial charge in [-0.05, 0) is 49.7 Å². The van der Waals surface area contributed by atoms with E-state index >= 15 is 0 Å². The molecule has 1 aromatic rings. The fourth-order valence-electron chi connectivity index (χ4n) is 1.62. The first kappa shape index (κ1) is 13.3. The van der Waals surface area contributed by atoms with Crippen molar-refractivity contribution in [1.29, 1.82) is 0 Å². The van der Waals surface area contributed by atoms with Crippen LogP contribution in [0.4, 0.5) is 0 Å². The van der Waals surface area contributed by atoms with Gasteiger partial charge in [-0.15, -0.1) is 0 Å². The summed E-state index contributed by atoms with van der Waals surface area (Å²) in [6, 6.07) is 8.18. The summed E-state index contributed by atoms with van der Waals surface area (Å²) >= 11 is 5.60. The van der Waals surface area contributed by atoms with Crippen molar-refractivity contribution in [2.75, 3.05) is 0 Å². The number of benzene rings is 1. The molecule has 90 valence electrons. The summed E-state index contributed by atoms with van der Waals surface area (Å²) < 4.78 is 5.82. The molecule has 0 aliphatic carbocycles. The molecular weight excluding hydrogens is 222 g/mol. The lowest BCUT2D eigenvalue weighted by atomic mass is 10.1. The van der Waals surface area contributed by atoms with Crippen molar-refractivity contribution in [2.45, 2.75) is 45.8 Å². The Morgan fingerprint density at radius 1 is 1.38 bits per heavy atom. The Labute approximate surface area is 103 Å². The minimum atomic E-state index is 0.131. The average molecular weight is 242 g/mol. The highest BCUT2D eigenvalue weighted by Gasteiger charge is 2.06. The molecule has 1 N–H and O–H groups in total. The van der Waals surface area contributed by atoms with Crippen LogP contribution in [0.15, 0.2) is 24.3 Å². The van der Waals surface area contributed by atoms with Crippen molar-refractivity contribution in [3.05, 3.63) is 29.8 Å². The Kier molecular flexibility index (Phi) is 5.64. The first-order valence-electron chi connectivity index (χ1n) is 5.80. The molecule has 1 rings (SSSR count). The molecule has 1 aromatic carbocycles. The molecule has 0 spiro atoms. The summed E-state index contributed by atoms with van der Waals surface area (Å²) in [5, 5.41) is 0. The van der Waals surface area contributed by atoms with Crippen LogP contribution >= 0.6 is 11.8 Å². The first-order valence-corrected chi connectivity index (χ1v) is 6.18. The number of hydrogen-bond donors (Lipinski definition) is 1. The van der Waals surface area contributed by atoms with Gasteiger partial charge in [-0.1, -0.05) is 25.5 Å². The molecule has 0 radical (unpaired) electrons. The highest BCUT2D eigenvalue weighted by atomic mass is 35.5. The lowest BCUT2D eigenvalue weighted by Gasteiger charge is -2.16. The van der Waals surface area contributed by atoms with E-state index in [1.165, 1.54) is 0 Å². The van der Waals surface area contributed by atoms with E-state index in [9.17, 15) is 0 Å². The molecule has 2 atom stereocenters. The van der Waals surface area contributed by atoms with Crippen LogP contribution in [0.2, 0.25) is 0 Å². The summed E-state index contributed by atoms with van der Waals surface area (Å²) in [7, 11) is 0. The third-order valence-electron chi connectivity index (χ3n) is 2.55. The van der Waals surface area contributed by atoms with Gasteiger partial charge in [0, 0.05) is 6.04 Å². The topological polar surface area (TPSA) is 21.3 Å². The van der Waals surface area contributed by atoms with Crippen LogP contribution in [0, 0.1) is 0 Å². The third-order valence-corrected chi connectivity index (χ3v) is 2.88. The van der Waals surface area contributed by atoms with Crippen LogP contribution in [-0.4, -0.2) is 6.10 Å². The lowest BCUT2D eigenvalue weighted by Crippen LogP contribution is -2.12. The second-order valence-corrected chi connectivity index (χ2v) is 4.34. The molecule has 0 aliphatic rings. The van der Waals surface area contributed by atoms with Crippen LogP contribution in [0.1, 0.15) is 45.2 Å². The Morgan fingerprint density at radius 2 is 2.12 bits per heavy atom. The fraction of sp³-hybridized carbons (Fsp3) is 0.538. The van der Waals surface area contributed by atoms with Gasteiger partial charge in [0.25, 0.3) is 0 Å². The van der Waals surface area contributed by atoms with Crippen LogP contribution in [-0.2, 0) is 0 Å². The van der Waals surface area contributed by atoms with Gasteiger partial charge in [0.15, 0.2) is 0 Å². The van der Waals surface area contributed by atoms with Gasteiger partial charge in [-0.2, -0.15) is 0 Å². The number of hydrogen-bond acceptors (Lipinski definition) is 2. The minimum Gasteiger partial charge on any atom is -0.491 e. The van der Waals surface area contributed by atoms with Gasteiger partial charge in [-0.25, -0.2) is 4.84 Å². The Balaban J connectivity index is 2.67. The average Bonchev–Trinajstić information content (AvgIpc) is 2.28. The van der Waals surface area contributed by atoms with E-state index in [1.807, 2.05) is 31.2 Å². The maximum Gasteiger partial charge on any atom is 0.120 e. The smallest absolute Gasteiger partial charge is 0.120 e. The number of ether oxygens (including phenoxy) is 1. The van der Waals surface area contributed by atoms with E-state index in [0.29, 0.717) is 0 Å². The van der Waals surface area contributed by atoms with Gasteiger partial charge in [-0.3, -0.25) is 0 Å². The highest BCUT2D eigenvalue weighted by molar-refractivity contribution is 6.13. The molecule has 0 aliphatic heterocycles. The molecular formula is C13H20ClNO. The number of nitrogens with one attached hydrogen (secondary N) is 1. The normalized spacial score (nSPS) is 14.5. The number of rotatable bonds is 6. The monoisotopic (exact) mass is 241 g/mol. The molecule has 0 saturated heterocycles. The predicted octanol–water partition coefficient (Wildman–Crippen LogP) is 4.06. The van der Waals surface area contributed by atoms with Crippen LogP contribution < -0.4 is 9.57 Å². The Morgan fingerprint density at radius 3 is 2.75 bits per heavy atom. The van der Waals surface area contributed by atoms with Gasteiger partial charge in [0.1, 0.15) is 5.75 Å². The summed E-state index contributed by atoms with van der Waals surface area (Å²) in [6.45, 7) is 6.27. The molecule has 0 bridgehead atoms. The van der Waals surface area contributed by atoms with Crippen LogP contribution in [0.3, 0.4) is 0 Å². The maximum absolute atomic E-state index is 5.82. The Hall–Kier alpha value is -0.730. The van der Waals surface area contributed by atoms with Gasteiger partial charge < -0.3 is 4.74 Å². The largest absolute Gasteiger partial charge is 0.491 e. The van der Waals surface area contributed by atoms with Crippen molar-refractivity contribution in [2.24, 2.45) is 0 Å². The van der Waals surface area contributed by atoms with Gasteiger partial charge >= 0.3 is 0 Å². The number of halogens is 1. The highest BCUT2D eigenvalue weighted by Crippen LogP contribution is 2.21. The van der Waals surface area contributed by atoms with E-state index in [2.05, 4.69) is 18.7 Å². The second-order valence-electron chi connectivity index (χ2n) is 4.12. The summed E-state index contributed by atoms with van der Waals surface area (Å²) in [5.74, 6) is 0.914. The van der Waals surface area contributed by atoms with E-state index in [-0.39, 0.29) is 12.1 Å². The van der Waals surface area contributed by atoms with Crippen molar-refractivity contribution in [1.82, 2.24) is 4.84 Å². The van der Waals surface area contributed by atoms with Crippen molar-refractivity contribution < 1.29 is 4.74 Å². The standard InChI is InChI=1S/C13H20ClNO/c1-4-6-10(2)16-13-8-5-7-12(9-13)11(3)15-14/h5,7-11,15H,4,6H2,1-3H3/t10-,11-/m1/s1. The van der Waals surface area contributed by atoms with Crippen molar-refractivity contribution in [3.63, 3.8) is 0 Å². The zero-order valence-corrected chi connectivity index (χ0v) is 10.9. The molecule has 3 heteroatoms. The molecule has 2 nitrogen and oxygen atoms in total. The second kappa shape index (κ2) is 6.77. The van der Waals surface area contributed by atoms with Crippen LogP contribution in [0.5, 0.6) is 5.75 Å². The van der Waals surface area contributed by atoms with E-state index in [0.717, 1.165) is 24.2 Å². The quantitative estimate of drug-likeness (QED) is 0.759. The molecule has 0 unspecified atom stereocenters. The van der Waals surface area contributed by atoms with Gasteiger partial charge in [0.2, 0.25) is 0 Å². The van der Waals surface area contributed by atoms with Crippen LogP contribution in [0.25, 0.3) is 0 Å². The molecule has 16 heavy (non-hydrogen) atoms. The SMILES string of the molecule is CCC[C@@H](C)Oc1cccc([C@@H](C)NCl)c1.